The fourth-order valence-corrected chi connectivity index (χ4v) is 2.86. The number of aryl methyl sites for hydroxylation is 1. The molecule has 0 saturated heterocycles. The van der Waals surface area contributed by atoms with E-state index in [0.29, 0.717) is 17.2 Å². The quantitative estimate of drug-likeness (QED) is 0.493. The molecular weight excluding hydrogens is 371 g/mol. The van der Waals surface area contributed by atoms with Gasteiger partial charge in [-0.05, 0) is 37.6 Å². The maximum absolute atomic E-state index is 13.1. The summed E-state index contributed by atoms with van der Waals surface area (Å²) in [5.41, 5.74) is 0.447. The number of hydrogen-bond donors (Lipinski definition) is 0. The monoisotopic (exact) mass is 389 g/mol. The Kier molecular flexibility index (Phi) is 6.84. The molecule has 1 aromatic carbocycles. The first kappa shape index (κ1) is 20.0. The van der Waals surface area contributed by atoms with Crippen LogP contribution in [0.4, 0.5) is 13.2 Å². The zero-order chi connectivity index (χ0) is 19.2. The normalized spacial score (nSPS) is 12.5. The number of alkyl halides is 3. The van der Waals surface area contributed by atoms with Crippen molar-refractivity contribution in [3.8, 4) is 11.5 Å². The third-order valence-corrected chi connectivity index (χ3v) is 4.27. The van der Waals surface area contributed by atoms with Gasteiger partial charge in [-0.2, -0.15) is 13.2 Å². The summed E-state index contributed by atoms with van der Waals surface area (Å²) in [6, 6.07) is 6.82. The van der Waals surface area contributed by atoms with E-state index in [1.54, 1.807) is 38.3 Å². The van der Waals surface area contributed by atoms with Crippen molar-refractivity contribution in [3.05, 3.63) is 40.3 Å². The van der Waals surface area contributed by atoms with Gasteiger partial charge in [-0.25, -0.2) is 4.98 Å². The topological polar surface area (TPSA) is 57.7 Å². The van der Waals surface area contributed by atoms with Crippen LogP contribution >= 0.6 is 11.3 Å². The fourth-order valence-electron chi connectivity index (χ4n) is 2.02. The first-order valence-corrected chi connectivity index (χ1v) is 8.62. The van der Waals surface area contributed by atoms with E-state index in [4.69, 9.17) is 9.47 Å². The van der Waals surface area contributed by atoms with Crippen LogP contribution in [0.1, 0.15) is 29.6 Å². The van der Waals surface area contributed by atoms with Crippen LogP contribution in [0.5, 0.6) is 11.5 Å². The lowest BCUT2D eigenvalue weighted by Gasteiger charge is -2.18. The number of methoxy groups -OCH3 is 1. The first-order chi connectivity index (χ1) is 12.3. The van der Waals surface area contributed by atoms with Gasteiger partial charge < -0.3 is 14.2 Å². The van der Waals surface area contributed by atoms with E-state index in [0.717, 1.165) is 11.3 Å². The molecule has 2 rings (SSSR count). The van der Waals surface area contributed by atoms with E-state index in [1.165, 1.54) is 5.38 Å². The molecule has 2 aromatic rings. The number of carbonyl (C=O) groups is 1. The van der Waals surface area contributed by atoms with Crippen LogP contribution in [0.3, 0.4) is 0 Å². The van der Waals surface area contributed by atoms with Gasteiger partial charge in [0.15, 0.2) is 0 Å². The highest BCUT2D eigenvalue weighted by molar-refractivity contribution is 7.09. The summed E-state index contributed by atoms with van der Waals surface area (Å²) in [7, 11) is 1.54. The maximum Gasteiger partial charge on any atom is 0.432 e. The highest BCUT2D eigenvalue weighted by Gasteiger charge is 2.45. The third kappa shape index (κ3) is 5.91. The number of esters is 1. The predicted octanol–water partition coefficient (Wildman–Crippen LogP) is 4.47. The molecule has 0 bridgehead atoms. The lowest BCUT2D eigenvalue weighted by molar-refractivity contribution is -0.224. The minimum absolute atomic E-state index is 0.175. The SMILES string of the molecule is COc1ccc(OCCCC(=O)OC(c2nc(C)cs2)C(F)(F)F)cc1. The van der Waals surface area contributed by atoms with E-state index in [2.05, 4.69) is 9.72 Å². The molecular formula is C17H18F3NO4S. The second-order valence-electron chi connectivity index (χ2n) is 5.37. The van der Waals surface area contributed by atoms with Crippen molar-refractivity contribution in [3.63, 3.8) is 0 Å². The number of thiazole rings is 1. The number of hydrogen-bond acceptors (Lipinski definition) is 6. The van der Waals surface area contributed by atoms with Crippen LogP contribution in [-0.4, -0.2) is 30.8 Å². The number of halogens is 3. The van der Waals surface area contributed by atoms with E-state index in [-0.39, 0.29) is 24.5 Å². The molecule has 0 N–H and O–H groups in total. The molecule has 9 heteroatoms. The van der Waals surface area contributed by atoms with Crippen LogP contribution < -0.4 is 9.47 Å². The zero-order valence-electron chi connectivity index (χ0n) is 14.2. The van der Waals surface area contributed by atoms with E-state index in [1.807, 2.05) is 0 Å². The Morgan fingerprint density at radius 2 is 1.88 bits per heavy atom. The van der Waals surface area contributed by atoms with Gasteiger partial charge in [0.05, 0.1) is 13.7 Å². The van der Waals surface area contributed by atoms with Gasteiger partial charge >= 0.3 is 12.1 Å². The van der Waals surface area contributed by atoms with Crippen molar-refractivity contribution in [2.24, 2.45) is 0 Å². The van der Waals surface area contributed by atoms with Gasteiger partial charge in [-0.15, -0.1) is 11.3 Å². The molecule has 5 nitrogen and oxygen atoms in total. The first-order valence-electron chi connectivity index (χ1n) is 7.74. The smallest absolute Gasteiger partial charge is 0.432 e. The number of carbonyl (C=O) groups excluding carboxylic acids is 1. The molecule has 0 aliphatic heterocycles. The van der Waals surface area contributed by atoms with E-state index < -0.39 is 18.2 Å². The van der Waals surface area contributed by atoms with E-state index in [9.17, 15) is 18.0 Å². The second-order valence-corrected chi connectivity index (χ2v) is 6.26. The number of aromatic nitrogens is 1. The highest BCUT2D eigenvalue weighted by Crippen LogP contribution is 2.37. The van der Waals surface area contributed by atoms with Crippen molar-refractivity contribution in [2.75, 3.05) is 13.7 Å². The minimum atomic E-state index is -4.71. The van der Waals surface area contributed by atoms with Crippen molar-refractivity contribution < 1.29 is 32.2 Å². The Balaban J connectivity index is 1.80. The van der Waals surface area contributed by atoms with Crippen LogP contribution in [0.2, 0.25) is 0 Å². The Morgan fingerprint density at radius 1 is 1.23 bits per heavy atom. The van der Waals surface area contributed by atoms with Crippen molar-refractivity contribution >= 4 is 17.3 Å². The summed E-state index contributed by atoms with van der Waals surface area (Å²) in [5, 5.41) is 1.20. The summed E-state index contributed by atoms with van der Waals surface area (Å²) < 4.78 is 54.3. The Bertz CT molecular complexity index is 716. The average molecular weight is 389 g/mol. The molecule has 0 radical (unpaired) electrons. The van der Waals surface area contributed by atoms with Crippen molar-refractivity contribution in [1.29, 1.82) is 0 Å². The molecule has 1 heterocycles. The van der Waals surface area contributed by atoms with Gasteiger partial charge in [0, 0.05) is 17.5 Å². The molecule has 0 amide bonds. The number of ether oxygens (including phenoxy) is 3. The summed E-state index contributed by atoms with van der Waals surface area (Å²) in [6.07, 6.45) is -7.00. The Hall–Kier alpha value is -2.29. The van der Waals surface area contributed by atoms with Crippen LogP contribution in [0.25, 0.3) is 0 Å². The lowest BCUT2D eigenvalue weighted by atomic mass is 10.3. The standard InChI is InChI=1S/C17H18F3NO4S/c1-11-10-26-16(21-11)15(17(18,19)20)25-14(22)4-3-9-24-13-7-5-12(23-2)6-8-13/h5-8,10,15H,3-4,9H2,1-2H3. The van der Waals surface area contributed by atoms with Crippen LogP contribution in [0.15, 0.2) is 29.6 Å². The lowest BCUT2D eigenvalue weighted by Crippen LogP contribution is -2.26. The van der Waals surface area contributed by atoms with Gasteiger partial charge in [-0.1, -0.05) is 0 Å². The third-order valence-electron chi connectivity index (χ3n) is 3.26. The van der Waals surface area contributed by atoms with Gasteiger partial charge in [0.2, 0.25) is 6.10 Å². The molecule has 0 fully saturated rings. The Morgan fingerprint density at radius 3 is 2.42 bits per heavy atom. The molecule has 142 valence electrons. The molecule has 1 atom stereocenters. The van der Waals surface area contributed by atoms with Crippen LogP contribution in [0, 0.1) is 6.92 Å². The molecule has 26 heavy (non-hydrogen) atoms. The summed E-state index contributed by atoms with van der Waals surface area (Å²) in [4.78, 5) is 15.5. The summed E-state index contributed by atoms with van der Waals surface area (Å²) >= 11 is 0.812. The van der Waals surface area contributed by atoms with Gasteiger partial charge in [0.1, 0.15) is 16.5 Å². The van der Waals surface area contributed by atoms with Crippen molar-refractivity contribution in [2.45, 2.75) is 32.0 Å². The molecule has 1 aromatic heterocycles. The largest absolute Gasteiger partial charge is 0.497 e. The van der Waals surface area contributed by atoms with Gasteiger partial charge in [-0.3, -0.25) is 4.79 Å². The number of rotatable bonds is 8. The zero-order valence-corrected chi connectivity index (χ0v) is 15.0. The maximum atomic E-state index is 13.1. The predicted molar refractivity (Wildman–Crippen MR) is 89.5 cm³/mol. The number of benzene rings is 1. The summed E-state index contributed by atoms with van der Waals surface area (Å²) in [6.45, 7) is 1.75. The second kappa shape index (κ2) is 8.88. The van der Waals surface area contributed by atoms with Crippen molar-refractivity contribution in [1.82, 2.24) is 4.98 Å². The van der Waals surface area contributed by atoms with Crippen LogP contribution in [-0.2, 0) is 9.53 Å². The molecule has 0 saturated carbocycles. The Labute approximate surface area is 152 Å². The number of nitrogens with zero attached hydrogens (tertiary/aromatic N) is 1. The summed E-state index contributed by atoms with van der Waals surface area (Å²) in [5.74, 6) is 0.306. The fraction of sp³-hybridized carbons (Fsp3) is 0.412. The molecule has 0 aliphatic rings. The minimum Gasteiger partial charge on any atom is -0.497 e. The molecule has 0 spiro atoms. The average Bonchev–Trinajstić information content (AvgIpc) is 3.02. The molecule has 0 aliphatic carbocycles. The van der Waals surface area contributed by atoms with E-state index >= 15 is 0 Å². The molecule has 1 unspecified atom stereocenters. The highest BCUT2D eigenvalue weighted by atomic mass is 32.1. The van der Waals surface area contributed by atoms with Gasteiger partial charge in [0.25, 0.3) is 0 Å².